The number of sulfonamides is 1. The number of pyridine rings is 1. The molecular weight excluding hydrogens is 352 g/mol. The minimum atomic E-state index is -3.22. The highest BCUT2D eigenvalue weighted by atomic mass is 32.2. The Labute approximate surface area is 155 Å². The Morgan fingerprint density at radius 2 is 1.85 bits per heavy atom. The monoisotopic (exact) mass is 380 g/mol. The van der Waals surface area contributed by atoms with Gasteiger partial charge in [-0.25, -0.2) is 13.2 Å². The number of hydrogen-bond acceptors (Lipinski definition) is 4. The molecule has 2 aliphatic rings. The van der Waals surface area contributed by atoms with E-state index in [-0.39, 0.29) is 12.1 Å². The summed E-state index contributed by atoms with van der Waals surface area (Å²) in [7, 11) is -3.22. The number of nitrogens with zero attached hydrogens (tertiary/aromatic N) is 3. The van der Waals surface area contributed by atoms with Crippen molar-refractivity contribution in [2.75, 3.05) is 32.4 Å². The lowest BCUT2D eigenvalue weighted by atomic mass is 9.90. The second kappa shape index (κ2) is 8.35. The smallest absolute Gasteiger partial charge is 0.317 e. The van der Waals surface area contributed by atoms with E-state index in [9.17, 15) is 13.2 Å². The van der Waals surface area contributed by atoms with Gasteiger partial charge in [-0.05, 0) is 49.3 Å². The van der Waals surface area contributed by atoms with Gasteiger partial charge in [0.05, 0.1) is 6.26 Å². The molecule has 0 spiro atoms. The maximum Gasteiger partial charge on any atom is 0.317 e. The molecule has 1 N–H and O–H groups in total. The van der Waals surface area contributed by atoms with Gasteiger partial charge in [-0.3, -0.25) is 4.98 Å². The van der Waals surface area contributed by atoms with Crippen molar-refractivity contribution in [2.24, 2.45) is 0 Å². The first-order chi connectivity index (χ1) is 12.4. The molecule has 0 bridgehead atoms. The van der Waals surface area contributed by atoms with Crippen LogP contribution in [0.5, 0.6) is 0 Å². The zero-order valence-corrected chi connectivity index (χ0v) is 16.1. The maximum absolute atomic E-state index is 12.5. The predicted octanol–water partition coefficient (Wildman–Crippen LogP) is 1.78. The molecule has 1 aromatic heterocycles. The normalized spacial score (nSPS) is 23.0. The summed E-state index contributed by atoms with van der Waals surface area (Å²) in [6.07, 6.45) is 9.45. The molecule has 2 aliphatic heterocycles. The Bertz CT molecular complexity index is 702. The molecule has 7 nitrogen and oxygen atoms in total. The molecule has 144 valence electrons. The minimum Gasteiger partial charge on any atom is -0.336 e. The molecule has 0 saturated carbocycles. The fourth-order valence-electron chi connectivity index (χ4n) is 3.98. The molecule has 0 aromatic carbocycles. The van der Waals surface area contributed by atoms with E-state index >= 15 is 0 Å². The van der Waals surface area contributed by atoms with Crippen LogP contribution in [0.25, 0.3) is 0 Å². The van der Waals surface area contributed by atoms with Crippen LogP contribution in [0.2, 0.25) is 0 Å². The first kappa shape index (κ1) is 19.1. The average molecular weight is 381 g/mol. The van der Waals surface area contributed by atoms with E-state index in [1.54, 1.807) is 0 Å². The van der Waals surface area contributed by atoms with E-state index in [0.717, 1.165) is 45.2 Å². The average Bonchev–Trinajstić information content (AvgIpc) is 2.66. The van der Waals surface area contributed by atoms with E-state index in [2.05, 4.69) is 10.3 Å². The lowest BCUT2D eigenvalue weighted by Gasteiger charge is -2.35. The van der Waals surface area contributed by atoms with Crippen molar-refractivity contribution < 1.29 is 13.2 Å². The molecule has 2 saturated heterocycles. The van der Waals surface area contributed by atoms with Gasteiger partial charge in [0.1, 0.15) is 0 Å². The number of nitrogens with one attached hydrogen (secondary N) is 1. The number of urea groups is 1. The van der Waals surface area contributed by atoms with Crippen molar-refractivity contribution in [1.29, 1.82) is 0 Å². The first-order valence-corrected chi connectivity index (χ1v) is 11.2. The van der Waals surface area contributed by atoms with Gasteiger partial charge in [0.25, 0.3) is 0 Å². The van der Waals surface area contributed by atoms with Gasteiger partial charge in [-0.2, -0.15) is 4.31 Å². The number of piperidine rings is 2. The van der Waals surface area contributed by atoms with Crippen molar-refractivity contribution in [3.05, 3.63) is 30.1 Å². The molecule has 0 aliphatic carbocycles. The lowest BCUT2D eigenvalue weighted by molar-refractivity contribution is 0.175. The third-order valence-corrected chi connectivity index (χ3v) is 6.78. The van der Waals surface area contributed by atoms with Gasteiger partial charge in [0.15, 0.2) is 0 Å². The molecule has 8 heteroatoms. The van der Waals surface area contributed by atoms with E-state index in [1.165, 1.54) is 16.1 Å². The molecule has 2 amide bonds. The Hall–Kier alpha value is -1.67. The van der Waals surface area contributed by atoms with E-state index in [0.29, 0.717) is 19.0 Å². The van der Waals surface area contributed by atoms with Crippen molar-refractivity contribution in [2.45, 2.75) is 44.1 Å². The quantitative estimate of drug-likeness (QED) is 0.863. The van der Waals surface area contributed by atoms with Crippen LogP contribution >= 0.6 is 0 Å². The zero-order chi connectivity index (χ0) is 18.6. The molecule has 26 heavy (non-hydrogen) atoms. The van der Waals surface area contributed by atoms with Gasteiger partial charge in [-0.1, -0.05) is 6.42 Å². The van der Waals surface area contributed by atoms with Crippen molar-refractivity contribution in [1.82, 2.24) is 19.5 Å². The van der Waals surface area contributed by atoms with Crippen LogP contribution in [0.3, 0.4) is 0 Å². The summed E-state index contributed by atoms with van der Waals surface area (Å²) in [5.74, 6) is 0.473. The molecule has 3 rings (SSSR count). The summed E-state index contributed by atoms with van der Waals surface area (Å²) in [5.41, 5.74) is 1.28. The molecule has 1 atom stereocenters. The Balaban J connectivity index is 1.48. The van der Waals surface area contributed by atoms with Gasteiger partial charge < -0.3 is 10.2 Å². The topological polar surface area (TPSA) is 82.6 Å². The van der Waals surface area contributed by atoms with Crippen LogP contribution in [0.4, 0.5) is 4.79 Å². The van der Waals surface area contributed by atoms with Crippen molar-refractivity contribution in [3.8, 4) is 0 Å². The third-order valence-electron chi connectivity index (χ3n) is 5.45. The Morgan fingerprint density at radius 3 is 2.50 bits per heavy atom. The summed E-state index contributed by atoms with van der Waals surface area (Å²) in [6, 6.07) is 3.88. The highest BCUT2D eigenvalue weighted by molar-refractivity contribution is 7.88. The van der Waals surface area contributed by atoms with Gasteiger partial charge >= 0.3 is 6.03 Å². The van der Waals surface area contributed by atoms with Crippen molar-refractivity contribution >= 4 is 16.1 Å². The number of carbonyl (C=O) groups excluding carboxylic acids is 1. The van der Waals surface area contributed by atoms with Crippen LogP contribution in [-0.4, -0.2) is 67.1 Å². The molecule has 2 fully saturated rings. The number of carbonyl (C=O) groups is 1. The lowest BCUT2D eigenvalue weighted by Crippen LogP contribution is -2.52. The third kappa shape index (κ3) is 4.73. The fourth-order valence-corrected chi connectivity index (χ4v) is 5.17. The summed E-state index contributed by atoms with van der Waals surface area (Å²) in [6.45, 7) is 2.38. The van der Waals surface area contributed by atoms with Crippen LogP contribution in [0, 0.1) is 0 Å². The standard InChI is InChI=1S/C18H28N4O3S/c1-26(24,25)22-11-3-2-4-17(22)14-20-18(23)21-12-7-16(8-13-21)15-5-9-19-10-6-15/h5-6,9-10,16-17H,2-4,7-8,11-14H2,1H3,(H,20,23). The molecular formula is C18H28N4O3S. The second-order valence-corrected chi connectivity index (χ2v) is 9.19. The van der Waals surface area contributed by atoms with Crippen LogP contribution in [0.15, 0.2) is 24.5 Å². The highest BCUT2D eigenvalue weighted by Crippen LogP contribution is 2.27. The van der Waals surface area contributed by atoms with Gasteiger partial charge in [-0.15, -0.1) is 0 Å². The van der Waals surface area contributed by atoms with E-state index in [1.807, 2.05) is 29.4 Å². The van der Waals surface area contributed by atoms with Gasteiger partial charge in [0, 0.05) is 44.6 Å². The number of rotatable bonds is 4. The van der Waals surface area contributed by atoms with Crippen LogP contribution in [0.1, 0.15) is 43.6 Å². The summed E-state index contributed by atoms with van der Waals surface area (Å²) in [4.78, 5) is 18.4. The number of hydrogen-bond donors (Lipinski definition) is 1. The SMILES string of the molecule is CS(=O)(=O)N1CCCCC1CNC(=O)N1CCC(c2ccncc2)CC1. The fraction of sp³-hybridized carbons (Fsp3) is 0.667. The second-order valence-electron chi connectivity index (χ2n) is 7.25. The van der Waals surface area contributed by atoms with Crippen molar-refractivity contribution in [3.63, 3.8) is 0 Å². The van der Waals surface area contributed by atoms with E-state index in [4.69, 9.17) is 0 Å². The molecule has 3 heterocycles. The highest BCUT2D eigenvalue weighted by Gasteiger charge is 2.30. The van der Waals surface area contributed by atoms with Gasteiger partial charge in [0.2, 0.25) is 10.0 Å². The number of likely N-dealkylation sites (tertiary alicyclic amines) is 1. The van der Waals surface area contributed by atoms with Crippen LogP contribution < -0.4 is 5.32 Å². The molecule has 1 unspecified atom stereocenters. The predicted molar refractivity (Wildman–Crippen MR) is 100 cm³/mol. The minimum absolute atomic E-state index is 0.0859. The largest absolute Gasteiger partial charge is 0.336 e. The van der Waals surface area contributed by atoms with E-state index < -0.39 is 10.0 Å². The maximum atomic E-state index is 12.5. The summed E-state index contributed by atoms with van der Waals surface area (Å²) < 4.78 is 25.4. The summed E-state index contributed by atoms with van der Waals surface area (Å²) in [5, 5.41) is 2.95. The first-order valence-electron chi connectivity index (χ1n) is 9.34. The van der Waals surface area contributed by atoms with Crippen LogP contribution in [-0.2, 0) is 10.0 Å². The molecule has 0 radical (unpaired) electrons. The number of amides is 2. The molecule has 1 aromatic rings. The number of aromatic nitrogens is 1. The summed E-state index contributed by atoms with van der Waals surface area (Å²) >= 11 is 0. The Morgan fingerprint density at radius 1 is 1.15 bits per heavy atom. The Kier molecular flexibility index (Phi) is 6.13. The zero-order valence-electron chi connectivity index (χ0n) is 15.3.